The zero-order valence-corrected chi connectivity index (χ0v) is 25.9. The summed E-state index contributed by atoms with van der Waals surface area (Å²) in [4.78, 5) is 41.6. The minimum absolute atomic E-state index is 0.0692. The summed E-state index contributed by atoms with van der Waals surface area (Å²) in [5.41, 5.74) is 8.42. The number of aryl methyl sites for hydroxylation is 1. The summed E-state index contributed by atoms with van der Waals surface area (Å²) >= 11 is 0. The number of carbonyl (C=O) groups is 2. The number of primary amides is 1. The Morgan fingerprint density at radius 1 is 1.02 bits per heavy atom. The van der Waals surface area contributed by atoms with Gasteiger partial charge in [0.1, 0.15) is 5.82 Å². The molecule has 0 radical (unpaired) electrons. The molecule has 2 saturated heterocycles. The summed E-state index contributed by atoms with van der Waals surface area (Å²) in [7, 11) is 2.21. The lowest BCUT2D eigenvalue weighted by Crippen LogP contribution is -2.52. The zero-order valence-electron chi connectivity index (χ0n) is 25.9. The summed E-state index contributed by atoms with van der Waals surface area (Å²) < 4.78 is 0. The van der Waals surface area contributed by atoms with Crippen LogP contribution in [0.1, 0.15) is 68.1 Å². The molecule has 1 aromatic carbocycles. The molecule has 1 aliphatic carbocycles. The average molecular weight is 589 g/mol. The number of rotatable bonds is 12. The van der Waals surface area contributed by atoms with E-state index in [2.05, 4.69) is 56.1 Å². The number of ketones is 1. The number of benzene rings is 1. The second kappa shape index (κ2) is 13.9. The second-order valence-electron chi connectivity index (χ2n) is 12.6. The SMILES string of the molecule is C=CC(=O)CC1(CNc2nc(Nc3ccc(N4CCC(N5CCN(C)CC5)CC4)cc3)c(C(N)=O)nc2CC)CCCC1. The fourth-order valence-electron chi connectivity index (χ4n) is 6.94. The number of aromatic nitrogens is 2. The number of piperidine rings is 1. The molecule has 2 aliphatic heterocycles. The van der Waals surface area contributed by atoms with Crippen molar-refractivity contribution < 1.29 is 9.59 Å². The number of nitrogens with zero attached hydrogens (tertiary/aromatic N) is 5. The van der Waals surface area contributed by atoms with Crippen molar-refractivity contribution >= 4 is 34.7 Å². The summed E-state index contributed by atoms with van der Waals surface area (Å²) in [6.07, 6.45) is 9.04. The van der Waals surface area contributed by atoms with Gasteiger partial charge in [-0.3, -0.25) is 14.5 Å². The Balaban J connectivity index is 1.26. The van der Waals surface area contributed by atoms with E-state index in [0.29, 0.717) is 42.8 Å². The smallest absolute Gasteiger partial charge is 0.271 e. The molecule has 1 amide bonds. The number of nitrogens with one attached hydrogen (secondary N) is 2. The molecule has 3 fully saturated rings. The maximum absolute atomic E-state index is 12.4. The molecular weight excluding hydrogens is 540 g/mol. The standard InChI is InChI=1S/C33H48N8O2/c1-4-27(42)22-33(14-6-7-15-33)23-35-31-28(5-2)37-29(30(34)43)32(38-31)36-24-8-10-25(11-9-24)40-16-12-26(13-17-40)41-20-18-39(3)19-21-41/h4,8-11,26H,1,5-7,12-23H2,2-3H3,(H2,34,43)(H2,35,36,38). The highest BCUT2D eigenvalue weighted by molar-refractivity contribution is 5.96. The Hall–Kier alpha value is -3.50. The number of amides is 1. The molecule has 4 N–H and O–H groups in total. The lowest BCUT2D eigenvalue weighted by Gasteiger charge is -2.42. The van der Waals surface area contributed by atoms with Crippen molar-refractivity contribution in [2.45, 2.75) is 64.3 Å². The Morgan fingerprint density at radius 3 is 2.30 bits per heavy atom. The van der Waals surface area contributed by atoms with Crippen LogP contribution in [0.4, 0.5) is 23.0 Å². The number of piperazine rings is 1. The van der Waals surface area contributed by atoms with E-state index in [1.807, 2.05) is 19.1 Å². The van der Waals surface area contributed by atoms with E-state index >= 15 is 0 Å². The first-order chi connectivity index (χ1) is 20.8. The third-order valence-electron chi connectivity index (χ3n) is 9.62. The number of allylic oxidation sites excluding steroid dienone is 1. The largest absolute Gasteiger partial charge is 0.371 e. The van der Waals surface area contributed by atoms with Crippen molar-refractivity contribution in [2.24, 2.45) is 11.1 Å². The molecule has 3 aliphatic rings. The number of carbonyl (C=O) groups excluding carboxylic acids is 2. The summed E-state index contributed by atoms with van der Waals surface area (Å²) in [5, 5.41) is 6.78. The first-order valence-electron chi connectivity index (χ1n) is 15.9. The Labute approximate surface area is 256 Å². The summed E-state index contributed by atoms with van der Waals surface area (Å²) in [6, 6.07) is 8.95. The maximum Gasteiger partial charge on any atom is 0.271 e. The van der Waals surface area contributed by atoms with E-state index in [9.17, 15) is 9.59 Å². The van der Waals surface area contributed by atoms with Crippen LogP contribution in [0.3, 0.4) is 0 Å². The third-order valence-corrected chi connectivity index (χ3v) is 9.62. The van der Waals surface area contributed by atoms with E-state index < -0.39 is 5.91 Å². The second-order valence-corrected chi connectivity index (χ2v) is 12.6. The topological polar surface area (TPSA) is 120 Å². The molecule has 10 heteroatoms. The Bertz CT molecular complexity index is 1270. The van der Waals surface area contributed by atoms with Gasteiger partial charge >= 0.3 is 0 Å². The van der Waals surface area contributed by atoms with Crippen LogP contribution in [-0.2, 0) is 11.2 Å². The molecule has 2 aromatic rings. The van der Waals surface area contributed by atoms with Crippen molar-refractivity contribution in [3.63, 3.8) is 0 Å². The highest BCUT2D eigenvalue weighted by atomic mass is 16.1. The fraction of sp³-hybridized carbons (Fsp3) is 0.576. The molecule has 1 saturated carbocycles. The molecule has 0 bridgehead atoms. The van der Waals surface area contributed by atoms with Gasteiger partial charge in [0, 0.05) is 69.7 Å². The molecule has 0 unspecified atom stereocenters. The minimum Gasteiger partial charge on any atom is -0.371 e. The van der Waals surface area contributed by atoms with Crippen LogP contribution in [0, 0.1) is 5.41 Å². The van der Waals surface area contributed by atoms with Gasteiger partial charge in [-0.2, -0.15) is 0 Å². The Morgan fingerprint density at radius 2 is 1.70 bits per heavy atom. The lowest BCUT2D eigenvalue weighted by atomic mass is 9.81. The van der Waals surface area contributed by atoms with Gasteiger partial charge in [-0.1, -0.05) is 26.3 Å². The number of anilines is 4. The number of likely N-dealkylation sites (N-methyl/N-ethyl adjacent to an activating group) is 1. The van der Waals surface area contributed by atoms with Gasteiger partial charge in [-0.05, 0) is 74.9 Å². The third kappa shape index (κ3) is 7.54. The van der Waals surface area contributed by atoms with E-state index in [1.54, 1.807) is 0 Å². The zero-order chi connectivity index (χ0) is 30.4. The van der Waals surface area contributed by atoms with Gasteiger partial charge in [-0.25, -0.2) is 9.97 Å². The average Bonchev–Trinajstić information content (AvgIpc) is 3.49. The maximum atomic E-state index is 12.4. The Kier molecular flexibility index (Phi) is 9.97. The van der Waals surface area contributed by atoms with Crippen LogP contribution in [0.15, 0.2) is 36.9 Å². The molecular formula is C33H48N8O2. The number of hydrogen-bond donors (Lipinski definition) is 3. The summed E-state index contributed by atoms with van der Waals surface area (Å²) in [5.74, 6) is 0.391. The van der Waals surface area contributed by atoms with E-state index in [-0.39, 0.29) is 16.9 Å². The minimum atomic E-state index is -0.625. The molecule has 232 valence electrons. The normalized spacial score (nSPS) is 19.7. The van der Waals surface area contributed by atoms with Crippen molar-refractivity contribution in [3.05, 3.63) is 48.3 Å². The fourth-order valence-corrected chi connectivity index (χ4v) is 6.94. The lowest BCUT2D eigenvalue weighted by molar-refractivity contribution is -0.116. The summed E-state index contributed by atoms with van der Waals surface area (Å²) in [6.45, 7) is 13.0. The molecule has 0 spiro atoms. The predicted octanol–water partition coefficient (Wildman–Crippen LogP) is 4.22. The van der Waals surface area contributed by atoms with Gasteiger partial charge in [0.2, 0.25) is 0 Å². The van der Waals surface area contributed by atoms with Gasteiger partial charge in [0.15, 0.2) is 17.3 Å². The van der Waals surface area contributed by atoms with Crippen molar-refractivity contribution in [1.29, 1.82) is 0 Å². The van der Waals surface area contributed by atoms with Crippen LogP contribution in [0.5, 0.6) is 0 Å². The quantitative estimate of drug-likeness (QED) is 0.313. The van der Waals surface area contributed by atoms with Crippen LogP contribution >= 0.6 is 0 Å². The van der Waals surface area contributed by atoms with E-state index in [4.69, 9.17) is 10.7 Å². The first-order valence-corrected chi connectivity index (χ1v) is 15.9. The molecule has 43 heavy (non-hydrogen) atoms. The molecule has 10 nitrogen and oxygen atoms in total. The molecule has 5 rings (SSSR count). The van der Waals surface area contributed by atoms with Crippen molar-refractivity contribution in [2.75, 3.05) is 68.4 Å². The van der Waals surface area contributed by atoms with Crippen molar-refractivity contribution in [3.8, 4) is 0 Å². The highest BCUT2D eigenvalue weighted by Crippen LogP contribution is 2.41. The van der Waals surface area contributed by atoms with Crippen LogP contribution in [0.25, 0.3) is 0 Å². The monoisotopic (exact) mass is 588 g/mol. The molecule has 3 heterocycles. The molecule has 1 aromatic heterocycles. The number of hydrogen-bond acceptors (Lipinski definition) is 9. The predicted molar refractivity (Wildman–Crippen MR) is 173 cm³/mol. The van der Waals surface area contributed by atoms with Gasteiger partial charge in [0.05, 0.1) is 5.69 Å². The van der Waals surface area contributed by atoms with Crippen LogP contribution in [0.2, 0.25) is 0 Å². The molecule has 0 atom stereocenters. The van der Waals surface area contributed by atoms with E-state index in [0.717, 1.165) is 57.5 Å². The van der Waals surface area contributed by atoms with Gasteiger partial charge in [-0.15, -0.1) is 0 Å². The van der Waals surface area contributed by atoms with Gasteiger partial charge in [0.25, 0.3) is 5.91 Å². The number of nitrogens with two attached hydrogens (primary N) is 1. The first kappa shape index (κ1) is 30.9. The van der Waals surface area contributed by atoms with Gasteiger partial charge < -0.3 is 26.2 Å². The van der Waals surface area contributed by atoms with Crippen LogP contribution < -0.4 is 21.3 Å². The highest BCUT2D eigenvalue weighted by Gasteiger charge is 2.35. The van der Waals surface area contributed by atoms with E-state index in [1.165, 1.54) is 37.7 Å². The van der Waals surface area contributed by atoms with Crippen LogP contribution in [-0.4, -0.2) is 90.4 Å². The van der Waals surface area contributed by atoms with Crippen molar-refractivity contribution in [1.82, 2.24) is 19.8 Å².